The van der Waals surface area contributed by atoms with Crippen LogP contribution in [0.2, 0.25) is 0 Å². The maximum Gasteiger partial charge on any atom is 0.354 e. The van der Waals surface area contributed by atoms with E-state index in [9.17, 15) is 14.7 Å². The van der Waals surface area contributed by atoms with Crippen molar-refractivity contribution in [3.05, 3.63) is 46.5 Å². The largest absolute Gasteiger partial charge is 0.508 e. The van der Waals surface area contributed by atoms with Crippen molar-refractivity contribution in [3.8, 4) is 11.4 Å². The number of nitrogens with two attached hydrogens (primary N) is 1. The molecule has 3 rings (SSSR count). The Bertz CT molecular complexity index is 942. The van der Waals surface area contributed by atoms with E-state index in [0.717, 1.165) is 5.56 Å². The van der Waals surface area contributed by atoms with Crippen LogP contribution >= 0.6 is 0 Å². The van der Waals surface area contributed by atoms with E-state index in [2.05, 4.69) is 10.3 Å². The molecule has 1 fully saturated rings. The van der Waals surface area contributed by atoms with Gasteiger partial charge in [-0.25, -0.2) is 4.79 Å². The SMILES string of the molecule is CNCc1ccc(-n2ccc(N3CCN(C(=O)C(C)(C)N)CC3)nc2=O)cc1O. The second-order valence-electron chi connectivity index (χ2n) is 7.78. The summed E-state index contributed by atoms with van der Waals surface area (Å²) in [4.78, 5) is 32.8. The van der Waals surface area contributed by atoms with Gasteiger partial charge in [0.1, 0.15) is 11.6 Å². The minimum atomic E-state index is -0.894. The van der Waals surface area contributed by atoms with Gasteiger partial charge in [0, 0.05) is 50.6 Å². The van der Waals surface area contributed by atoms with Crippen molar-refractivity contribution in [1.82, 2.24) is 19.8 Å². The van der Waals surface area contributed by atoms with Gasteiger partial charge in [0.15, 0.2) is 0 Å². The summed E-state index contributed by atoms with van der Waals surface area (Å²) in [5.41, 5.74) is 5.88. The predicted molar refractivity (Wildman–Crippen MR) is 111 cm³/mol. The molecule has 0 saturated carbocycles. The van der Waals surface area contributed by atoms with Crippen molar-refractivity contribution in [1.29, 1.82) is 0 Å². The molecule has 0 radical (unpaired) electrons. The Morgan fingerprint density at radius 1 is 1.24 bits per heavy atom. The second-order valence-corrected chi connectivity index (χ2v) is 7.78. The van der Waals surface area contributed by atoms with Gasteiger partial charge in [-0.3, -0.25) is 9.36 Å². The van der Waals surface area contributed by atoms with E-state index >= 15 is 0 Å². The molecule has 0 aliphatic carbocycles. The number of aromatic hydroxyl groups is 1. The standard InChI is InChI=1S/C20H28N6O3/c1-20(2,21)18(28)25-10-8-24(9-11-25)17-6-7-26(19(29)23-17)15-5-4-14(13-22-3)16(27)12-15/h4-7,12,22,27H,8-11,13,21H2,1-3H3. The molecule has 0 atom stereocenters. The van der Waals surface area contributed by atoms with Gasteiger partial charge in [-0.1, -0.05) is 6.07 Å². The summed E-state index contributed by atoms with van der Waals surface area (Å²) in [6, 6.07) is 6.86. The van der Waals surface area contributed by atoms with Crippen molar-refractivity contribution in [3.63, 3.8) is 0 Å². The number of hydrogen-bond acceptors (Lipinski definition) is 7. The molecule has 0 spiro atoms. The van der Waals surface area contributed by atoms with Gasteiger partial charge < -0.3 is 26.0 Å². The third-order valence-electron chi connectivity index (χ3n) is 4.95. The number of phenols is 1. The Balaban J connectivity index is 1.73. The predicted octanol–water partition coefficient (Wildman–Crippen LogP) is 0.0434. The summed E-state index contributed by atoms with van der Waals surface area (Å²) in [6.07, 6.45) is 1.65. The van der Waals surface area contributed by atoms with E-state index in [0.29, 0.717) is 44.2 Å². The Kier molecular flexibility index (Phi) is 5.90. The second kappa shape index (κ2) is 8.22. The third kappa shape index (κ3) is 4.57. The van der Waals surface area contributed by atoms with Crippen LogP contribution in [0.1, 0.15) is 19.4 Å². The number of rotatable bonds is 5. The van der Waals surface area contributed by atoms with E-state index in [1.807, 2.05) is 4.90 Å². The number of hydrogen-bond donors (Lipinski definition) is 3. The van der Waals surface area contributed by atoms with Crippen LogP contribution in [0, 0.1) is 0 Å². The van der Waals surface area contributed by atoms with Crippen molar-refractivity contribution in [2.45, 2.75) is 25.9 Å². The number of carbonyl (C=O) groups excluding carboxylic acids is 1. The lowest BCUT2D eigenvalue weighted by atomic mass is 10.0. The number of benzene rings is 1. The van der Waals surface area contributed by atoms with E-state index in [1.165, 1.54) is 4.57 Å². The molecule has 1 aliphatic heterocycles. The van der Waals surface area contributed by atoms with Crippen LogP contribution in [0.25, 0.3) is 5.69 Å². The molecule has 2 heterocycles. The number of nitrogens with zero attached hydrogens (tertiary/aromatic N) is 4. The molecule has 4 N–H and O–H groups in total. The van der Waals surface area contributed by atoms with Gasteiger partial charge in [0.05, 0.1) is 11.2 Å². The summed E-state index contributed by atoms with van der Waals surface area (Å²) >= 11 is 0. The molecule has 9 nitrogen and oxygen atoms in total. The minimum absolute atomic E-state index is 0.0814. The first-order valence-electron chi connectivity index (χ1n) is 9.60. The van der Waals surface area contributed by atoms with E-state index in [4.69, 9.17) is 5.73 Å². The lowest BCUT2D eigenvalue weighted by molar-refractivity contribution is -0.136. The molecule has 1 amide bonds. The van der Waals surface area contributed by atoms with Crippen LogP contribution in [0.4, 0.5) is 5.82 Å². The lowest BCUT2D eigenvalue weighted by Crippen LogP contribution is -2.57. The summed E-state index contributed by atoms with van der Waals surface area (Å²) in [7, 11) is 1.80. The van der Waals surface area contributed by atoms with Gasteiger partial charge >= 0.3 is 5.69 Å². The van der Waals surface area contributed by atoms with Crippen LogP contribution in [-0.4, -0.2) is 64.2 Å². The Labute approximate surface area is 169 Å². The first-order chi connectivity index (χ1) is 13.7. The van der Waals surface area contributed by atoms with Crippen molar-refractivity contribution >= 4 is 11.7 Å². The molecule has 1 aliphatic rings. The zero-order valence-electron chi connectivity index (χ0n) is 17.1. The summed E-state index contributed by atoms with van der Waals surface area (Å²) in [5.74, 6) is 0.611. The fourth-order valence-corrected chi connectivity index (χ4v) is 3.35. The van der Waals surface area contributed by atoms with Crippen molar-refractivity contribution in [2.24, 2.45) is 5.73 Å². The highest BCUT2D eigenvalue weighted by molar-refractivity contribution is 5.85. The molecule has 29 heavy (non-hydrogen) atoms. The van der Waals surface area contributed by atoms with Gasteiger partial charge in [-0.15, -0.1) is 0 Å². The van der Waals surface area contributed by atoms with Crippen LogP contribution in [0.15, 0.2) is 35.3 Å². The normalized spacial score (nSPS) is 14.9. The molecule has 0 bridgehead atoms. The Morgan fingerprint density at radius 3 is 2.48 bits per heavy atom. The van der Waals surface area contributed by atoms with Crippen LogP contribution < -0.4 is 21.6 Å². The summed E-state index contributed by atoms with van der Waals surface area (Å²) < 4.78 is 1.39. The number of carbonyl (C=O) groups is 1. The quantitative estimate of drug-likeness (QED) is 0.649. The number of aromatic nitrogens is 2. The Hall–Kier alpha value is -2.91. The fraction of sp³-hybridized carbons (Fsp3) is 0.450. The minimum Gasteiger partial charge on any atom is -0.508 e. The van der Waals surface area contributed by atoms with E-state index in [1.54, 1.807) is 56.3 Å². The summed E-state index contributed by atoms with van der Waals surface area (Å²) in [5, 5.41) is 13.1. The van der Waals surface area contributed by atoms with Crippen LogP contribution in [-0.2, 0) is 11.3 Å². The summed E-state index contributed by atoms with van der Waals surface area (Å²) in [6.45, 7) is 6.16. The molecule has 1 aromatic carbocycles. The molecular weight excluding hydrogens is 372 g/mol. The highest BCUT2D eigenvalue weighted by Crippen LogP contribution is 2.21. The average molecular weight is 400 g/mol. The maximum atomic E-state index is 12.6. The lowest BCUT2D eigenvalue weighted by Gasteiger charge is -2.37. The van der Waals surface area contributed by atoms with Gasteiger partial charge in [0.2, 0.25) is 5.91 Å². The topological polar surface area (TPSA) is 117 Å². The highest BCUT2D eigenvalue weighted by Gasteiger charge is 2.30. The van der Waals surface area contributed by atoms with Gasteiger partial charge in [0.25, 0.3) is 0 Å². The molecule has 1 saturated heterocycles. The zero-order chi connectivity index (χ0) is 21.2. The molecule has 1 aromatic heterocycles. The van der Waals surface area contributed by atoms with Crippen molar-refractivity contribution < 1.29 is 9.90 Å². The molecule has 2 aromatic rings. The monoisotopic (exact) mass is 400 g/mol. The van der Waals surface area contributed by atoms with Gasteiger partial charge in [-0.05, 0) is 33.0 Å². The molecule has 0 unspecified atom stereocenters. The third-order valence-corrected chi connectivity index (χ3v) is 4.95. The average Bonchev–Trinajstić information content (AvgIpc) is 2.68. The molecular formula is C20H28N6O3. The zero-order valence-corrected chi connectivity index (χ0v) is 17.1. The molecule has 9 heteroatoms. The van der Waals surface area contributed by atoms with E-state index in [-0.39, 0.29) is 11.7 Å². The number of piperazine rings is 1. The highest BCUT2D eigenvalue weighted by atomic mass is 16.3. The Morgan fingerprint density at radius 2 is 1.93 bits per heavy atom. The van der Waals surface area contributed by atoms with E-state index < -0.39 is 11.2 Å². The van der Waals surface area contributed by atoms with Crippen molar-refractivity contribution in [2.75, 3.05) is 38.1 Å². The number of nitrogens with one attached hydrogen (secondary N) is 1. The van der Waals surface area contributed by atoms with Gasteiger partial charge in [-0.2, -0.15) is 4.98 Å². The fourth-order valence-electron chi connectivity index (χ4n) is 3.35. The number of anilines is 1. The maximum absolute atomic E-state index is 12.6. The van der Waals surface area contributed by atoms with Crippen LogP contribution in [0.5, 0.6) is 5.75 Å². The molecule has 156 valence electrons. The first kappa shape index (κ1) is 20.8. The smallest absolute Gasteiger partial charge is 0.354 e. The van der Waals surface area contributed by atoms with Crippen LogP contribution in [0.3, 0.4) is 0 Å². The number of phenolic OH excluding ortho intramolecular Hbond substituents is 1. The first-order valence-corrected chi connectivity index (χ1v) is 9.60. The number of amides is 1.